The molecule has 0 saturated heterocycles. The van der Waals surface area contributed by atoms with Gasteiger partial charge in [-0.1, -0.05) is 0 Å². The number of aryl methyl sites for hydroxylation is 1. The molecule has 19 heavy (non-hydrogen) atoms. The molecule has 0 aromatic carbocycles. The zero-order chi connectivity index (χ0) is 13.9. The van der Waals surface area contributed by atoms with E-state index in [0.717, 1.165) is 11.5 Å². The summed E-state index contributed by atoms with van der Waals surface area (Å²) in [7, 11) is -2.17. The molecule has 2 aromatic heterocycles. The predicted octanol–water partition coefficient (Wildman–Crippen LogP) is 1.38. The fraction of sp³-hybridized carbons (Fsp3) is 0.333. The highest BCUT2D eigenvalue weighted by molar-refractivity contribution is 7.89. The number of hydrogen-bond acceptors (Lipinski definition) is 5. The van der Waals surface area contributed by atoms with E-state index >= 15 is 0 Å². The molecule has 0 aliphatic carbocycles. The third-order valence-corrected chi connectivity index (χ3v) is 3.85. The molecule has 7 heteroatoms. The van der Waals surface area contributed by atoms with Gasteiger partial charge in [-0.05, 0) is 38.2 Å². The van der Waals surface area contributed by atoms with Crippen LogP contribution in [-0.2, 0) is 23.1 Å². The first kappa shape index (κ1) is 13.9. The van der Waals surface area contributed by atoms with Crippen molar-refractivity contribution in [2.24, 2.45) is 0 Å². The molecule has 2 aromatic rings. The second kappa shape index (κ2) is 5.60. The molecular formula is C12H16N2O4S. The highest BCUT2D eigenvalue weighted by Crippen LogP contribution is 2.13. The van der Waals surface area contributed by atoms with E-state index in [1.807, 2.05) is 19.1 Å². The number of sulfonamides is 1. The van der Waals surface area contributed by atoms with Crippen LogP contribution >= 0.6 is 0 Å². The highest BCUT2D eigenvalue weighted by atomic mass is 32.2. The first-order chi connectivity index (χ1) is 9.01. The van der Waals surface area contributed by atoms with Gasteiger partial charge in [-0.15, -0.1) is 0 Å². The molecule has 0 fully saturated rings. The third kappa shape index (κ3) is 3.46. The Morgan fingerprint density at radius 1 is 1.05 bits per heavy atom. The van der Waals surface area contributed by atoms with Gasteiger partial charge >= 0.3 is 0 Å². The van der Waals surface area contributed by atoms with Crippen LogP contribution in [-0.4, -0.2) is 15.5 Å². The first-order valence-corrected chi connectivity index (χ1v) is 7.28. The Balaban J connectivity index is 1.90. The summed E-state index contributed by atoms with van der Waals surface area (Å²) in [6.07, 6.45) is 0. The lowest BCUT2D eigenvalue weighted by molar-refractivity contribution is 0.392. The van der Waals surface area contributed by atoms with E-state index in [1.54, 1.807) is 6.07 Å². The molecule has 0 unspecified atom stereocenters. The van der Waals surface area contributed by atoms with E-state index in [-0.39, 0.29) is 5.09 Å². The van der Waals surface area contributed by atoms with Crippen LogP contribution in [0.1, 0.15) is 17.3 Å². The molecule has 0 amide bonds. The molecule has 2 N–H and O–H groups in total. The molecule has 0 aliphatic heterocycles. The average molecular weight is 284 g/mol. The molecule has 104 valence electrons. The Morgan fingerprint density at radius 3 is 2.26 bits per heavy atom. The van der Waals surface area contributed by atoms with Crippen LogP contribution in [0.5, 0.6) is 0 Å². The summed E-state index contributed by atoms with van der Waals surface area (Å²) in [5, 5.41) is 3.03. The highest BCUT2D eigenvalue weighted by Gasteiger charge is 2.16. The first-order valence-electron chi connectivity index (χ1n) is 5.79. The van der Waals surface area contributed by atoms with E-state index in [4.69, 9.17) is 8.83 Å². The van der Waals surface area contributed by atoms with E-state index < -0.39 is 10.0 Å². The zero-order valence-corrected chi connectivity index (χ0v) is 11.6. The fourth-order valence-corrected chi connectivity index (χ4v) is 2.25. The van der Waals surface area contributed by atoms with Crippen molar-refractivity contribution in [3.05, 3.63) is 41.5 Å². The number of hydrogen-bond donors (Lipinski definition) is 2. The van der Waals surface area contributed by atoms with Crippen LogP contribution < -0.4 is 10.0 Å². The lowest BCUT2D eigenvalue weighted by atomic mass is 10.4. The zero-order valence-electron chi connectivity index (χ0n) is 10.8. The van der Waals surface area contributed by atoms with Gasteiger partial charge in [-0.3, -0.25) is 0 Å². The fourth-order valence-electron chi connectivity index (χ4n) is 1.59. The van der Waals surface area contributed by atoms with Gasteiger partial charge in [-0.2, -0.15) is 0 Å². The van der Waals surface area contributed by atoms with E-state index in [2.05, 4.69) is 10.0 Å². The van der Waals surface area contributed by atoms with E-state index in [0.29, 0.717) is 18.8 Å². The summed E-state index contributed by atoms with van der Waals surface area (Å²) < 4.78 is 35.8. The number of nitrogens with one attached hydrogen (secondary N) is 2. The van der Waals surface area contributed by atoms with Gasteiger partial charge < -0.3 is 14.2 Å². The second-order valence-corrected chi connectivity index (χ2v) is 5.86. The molecule has 0 radical (unpaired) electrons. The van der Waals surface area contributed by atoms with Crippen LogP contribution in [0.15, 0.2) is 38.2 Å². The minimum absolute atomic E-state index is 0.0827. The van der Waals surface area contributed by atoms with Gasteiger partial charge in [0.25, 0.3) is 10.0 Å². The Hall–Kier alpha value is -1.57. The van der Waals surface area contributed by atoms with Crippen LogP contribution in [0.25, 0.3) is 0 Å². The van der Waals surface area contributed by atoms with Crippen molar-refractivity contribution >= 4 is 10.0 Å². The monoisotopic (exact) mass is 284 g/mol. The van der Waals surface area contributed by atoms with Crippen molar-refractivity contribution < 1.29 is 17.3 Å². The summed E-state index contributed by atoms with van der Waals surface area (Å²) in [4.78, 5) is 0. The normalized spacial score (nSPS) is 11.9. The van der Waals surface area contributed by atoms with E-state index in [1.165, 1.54) is 13.1 Å². The Labute approximate surface area is 111 Å². The summed E-state index contributed by atoms with van der Waals surface area (Å²) in [6, 6.07) is 6.84. The smallest absolute Gasteiger partial charge is 0.273 e. The van der Waals surface area contributed by atoms with Crippen LogP contribution in [0.2, 0.25) is 0 Å². The molecule has 0 bridgehead atoms. The molecule has 2 heterocycles. The molecule has 2 rings (SSSR count). The van der Waals surface area contributed by atoms with Gasteiger partial charge in [0.2, 0.25) is 5.09 Å². The minimum Gasteiger partial charge on any atom is -0.465 e. The van der Waals surface area contributed by atoms with Crippen LogP contribution in [0.3, 0.4) is 0 Å². The summed E-state index contributed by atoms with van der Waals surface area (Å²) in [6.45, 7) is 2.87. The van der Waals surface area contributed by atoms with E-state index in [9.17, 15) is 8.42 Å². The maximum Gasteiger partial charge on any atom is 0.273 e. The SMILES string of the molecule is CNS(=O)(=O)c1ccc(CNCc2ccc(C)o2)o1. The molecule has 0 aliphatic rings. The van der Waals surface area contributed by atoms with Crippen molar-refractivity contribution in [3.63, 3.8) is 0 Å². The van der Waals surface area contributed by atoms with Crippen molar-refractivity contribution in [2.75, 3.05) is 7.05 Å². The molecule has 0 spiro atoms. The molecular weight excluding hydrogens is 268 g/mol. The molecule has 6 nitrogen and oxygen atoms in total. The van der Waals surface area contributed by atoms with Gasteiger partial charge in [0.05, 0.1) is 13.1 Å². The Morgan fingerprint density at radius 2 is 1.68 bits per heavy atom. The lowest BCUT2D eigenvalue weighted by Gasteiger charge is -2.00. The Kier molecular flexibility index (Phi) is 4.08. The summed E-state index contributed by atoms with van der Waals surface area (Å²) in [5.41, 5.74) is 0. The van der Waals surface area contributed by atoms with Gasteiger partial charge in [0, 0.05) is 0 Å². The topological polar surface area (TPSA) is 84.5 Å². The number of rotatable bonds is 6. The van der Waals surface area contributed by atoms with Crippen molar-refractivity contribution in [1.82, 2.24) is 10.0 Å². The summed E-state index contributed by atoms with van der Waals surface area (Å²) in [5.74, 6) is 2.24. The van der Waals surface area contributed by atoms with Gasteiger partial charge in [-0.25, -0.2) is 13.1 Å². The van der Waals surface area contributed by atoms with Gasteiger partial charge in [0.1, 0.15) is 17.3 Å². The molecule has 0 atom stereocenters. The van der Waals surface area contributed by atoms with Crippen molar-refractivity contribution in [3.8, 4) is 0 Å². The van der Waals surface area contributed by atoms with Crippen LogP contribution in [0, 0.1) is 6.92 Å². The largest absolute Gasteiger partial charge is 0.465 e. The summed E-state index contributed by atoms with van der Waals surface area (Å²) >= 11 is 0. The van der Waals surface area contributed by atoms with Crippen molar-refractivity contribution in [1.29, 1.82) is 0 Å². The third-order valence-electron chi connectivity index (χ3n) is 2.57. The van der Waals surface area contributed by atoms with Crippen LogP contribution in [0.4, 0.5) is 0 Å². The van der Waals surface area contributed by atoms with Gasteiger partial charge in [0.15, 0.2) is 0 Å². The predicted molar refractivity (Wildman–Crippen MR) is 68.9 cm³/mol. The maximum atomic E-state index is 11.5. The lowest BCUT2D eigenvalue weighted by Crippen LogP contribution is -2.17. The Bertz CT molecular complexity index is 642. The van der Waals surface area contributed by atoms with Crippen molar-refractivity contribution in [2.45, 2.75) is 25.1 Å². The minimum atomic E-state index is -3.51. The second-order valence-electron chi connectivity index (χ2n) is 4.04. The molecule has 0 saturated carbocycles. The quantitative estimate of drug-likeness (QED) is 0.837. The standard InChI is InChI=1S/C12H16N2O4S/c1-9-3-4-10(17-9)7-14-8-11-5-6-12(18-11)19(15,16)13-2/h3-6,13-14H,7-8H2,1-2H3. The average Bonchev–Trinajstić information content (AvgIpc) is 2.99. The maximum absolute atomic E-state index is 11.5. The number of furan rings is 2.